The van der Waals surface area contributed by atoms with Crippen LogP contribution >= 0.6 is 11.6 Å². The molecule has 6 nitrogen and oxygen atoms in total. The number of carbonyl (C=O) groups excluding carboxylic acids is 1. The third-order valence-electron chi connectivity index (χ3n) is 6.35. The zero-order valence-corrected chi connectivity index (χ0v) is 20.7. The van der Waals surface area contributed by atoms with Crippen molar-refractivity contribution in [2.75, 3.05) is 24.7 Å². The molecular formula is C28H28ClN3O3. The average Bonchev–Trinajstić information content (AvgIpc) is 3.43. The van der Waals surface area contributed by atoms with Gasteiger partial charge in [0.1, 0.15) is 23.9 Å². The molecule has 1 atom stereocenters. The van der Waals surface area contributed by atoms with Crippen molar-refractivity contribution in [3.63, 3.8) is 0 Å². The van der Waals surface area contributed by atoms with E-state index >= 15 is 0 Å². The number of ether oxygens (including phenoxy) is 2. The normalized spacial score (nSPS) is 15.7. The number of para-hydroxylation sites is 2. The van der Waals surface area contributed by atoms with Crippen LogP contribution in [0.4, 0.5) is 5.69 Å². The molecule has 1 aliphatic heterocycles. The molecule has 4 aromatic rings. The van der Waals surface area contributed by atoms with Crippen LogP contribution in [0.15, 0.2) is 66.7 Å². The van der Waals surface area contributed by atoms with Gasteiger partial charge < -0.3 is 18.9 Å². The molecule has 0 saturated carbocycles. The molecule has 0 aliphatic carbocycles. The molecule has 7 heteroatoms. The molecule has 0 bridgehead atoms. The van der Waals surface area contributed by atoms with Gasteiger partial charge in [-0.1, -0.05) is 23.7 Å². The number of fused-ring (bicyclic) bond motifs is 1. The molecule has 0 spiro atoms. The summed E-state index contributed by atoms with van der Waals surface area (Å²) in [7, 11) is 0. The van der Waals surface area contributed by atoms with Gasteiger partial charge in [0.15, 0.2) is 0 Å². The largest absolute Gasteiger partial charge is 0.494 e. The molecular weight excluding hydrogens is 462 g/mol. The van der Waals surface area contributed by atoms with Gasteiger partial charge in [-0.05, 0) is 74.0 Å². The fraction of sp³-hybridized carbons (Fsp3) is 0.286. The maximum atomic E-state index is 13.0. The number of halogens is 1. The van der Waals surface area contributed by atoms with Gasteiger partial charge in [0.25, 0.3) is 0 Å². The molecule has 180 valence electrons. The van der Waals surface area contributed by atoms with Crippen molar-refractivity contribution >= 4 is 34.2 Å². The molecule has 1 saturated heterocycles. The second-order valence-corrected chi connectivity index (χ2v) is 9.11. The van der Waals surface area contributed by atoms with E-state index in [1.165, 1.54) is 0 Å². The van der Waals surface area contributed by atoms with Crippen LogP contribution in [-0.4, -0.2) is 35.2 Å². The number of carbonyl (C=O) groups is 1. The van der Waals surface area contributed by atoms with Crippen LogP contribution in [0.1, 0.15) is 30.7 Å². The number of hydrogen-bond acceptors (Lipinski definition) is 4. The molecule has 35 heavy (non-hydrogen) atoms. The topological polar surface area (TPSA) is 56.6 Å². The van der Waals surface area contributed by atoms with Crippen molar-refractivity contribution in [2.24, 2.45) is 0 Å². The minimum atomic E-state index is -0.000699. The Kier molecular flexibility index (Phi) is 6.64. The summed E-state index contributed by atoms with van der Waals surface area (Å²) in [5, 5.41) is 0.725. The van der Waals surface area contributed by atoms with E-state index in [1.54, 1.807) is 0 Å². The number of nitrogens with zero attached hydrogens (tertiary/aromatic N) is 3. The van der Waals surface area contributed by atoms with Crippen molar-refractivity contribution in [2.45, 2.75) is 32.7 Å². The lowest BCUT2D eigenvalue weighted by molar-refractivity contribution is -0.117. The Balaban J connectivity index is 1.36. The second kappa shape index (κ2) is 10.0. The predicted octanol–water partition coefficient (Wildman–Crippen LogP) is 6.00. The highest BCUT2D eigenvalue weighted by Gasteiger charge is 2.34. The summed E-state index contributed by atoms with van der Waals surface area (Å²) in [5.41, 5.74) is 3.84. The second-order valence-electron chi connectivity index (χ2n) is 8.70. The van der Waals surface area contributed by atoms with E-state index in [0.717, 1.165) is 44.6 Å². The van der Waals surface area contributed by atoms with Crippen molar-refractivity contribution in [1.29, 1.82) is 0 Å². The maximum absolute atomic E-state index is 13.0. The summed E-state index contributed by atoms with van der Waals surface area (Å²) in [5.74, 6) is 2.61. The van der Waals surface area contributed by atoms with E-state index in [2.05, 4.69) is 10.6 Å². The lowest BCUT2D eigenvalue weighted by Crippen LogP contribution is -2.24. The average molecular weight is 490 g/mol. The third kappa shape index (κ3) is 4.84. The molecule has 5 rings (SSSR count). The Morgan fingerprint density at radius 1 is 1.03 bits per heavy atom. The molecule has 2 heterocycles. The third-order valence-corrected chi connectivity index (χ3v) is 6.77. The summed E-state index contributed by atoms with van der Waals surface area (Å²) >= 11 is 6.14. The number of amides is 1. The van der Waals surface area contributed by atoms with Gasteiger partial charge in [-0.3, -0.25) is 4.79 Å². The number of benzene rings is 3. The van der Waals surface area contributed by atoms with Crippen molar-refractivity contribution in [1.82, 2.24) is 9.55 Å². The Morgan fingerprint density at radius 2 is 1.80 bits per heavy atom. The fourth-order valence-corrected chi connectivity index (χ4v) is 4.74. The van der Waals surface area contributed by atoms with Crippen molar-refractivity contribution in [3.05, 3.63) is 83.1 Å². The van der Waals surface area contributed by atoms with E-state index in [9.17, 15) is 4.79 Å². The number of aromatic nitrogens is 2. The van der Waals surface area contributed by atoms with Gasteiger partial charge in [0, 0.05) is 29.6 Å². The van der Waals surface area contributed by atoms with Crippen LogP contribution in [0.2, 0.25) is 5.02 Å². The van der Waals surface area contributed by atoms with E-state index < -0.39 is 0 Å². The smallest absolute Gasteiger partial charge is 0.227 e. The van der Waals surface area contributed by atoms with Crippen LogP contribution in [0.25, 0.3) is 11.0 Å². The summed E-state index contributed by atoms with van der Waals surface area (Å²) in [6, 6.07) is 21.5. The molecule has 0 radical (unpaired) electrons. The van der Waals surface area contributed by atoms with Crippen LogP contribution < -0.4 is 14.4 Å². The summed E-state index contributed by atoms with van der Waals surface area (Å²) in [6.45, 7) is 6.23. The highest BCUT2D eigenvalue weighted by molar-refractivity contribution is 6.31. The first-order valence-electron chi connectivity index (χ1n) is 11.9. The summed E-state index contributed by atoms with van der Waals surface area (Å²) in [4.78, 5) is 19.8. The van der Waals surface area contributed by atoms with Gasteiger partial charge in [0.2, 0.25) is 5.91 Å². The van der Waals surface area contributed by atoms with Crippen LogP contribution in [0.5, 0.6) is 11.5 Å². The van der Waals surface area contributed by atoms with Gasteiger partial charge >= 0.3 is 0 Å². The van der Waals surface area contributed by atoms with Crippen LogP contribution in [0.3, 0.4) is 0 Å². The Hall–Kier alpha value is -3.51. The Bertz CT molecular complexity index is 1350. The number of aryl methyl sites for hydroxylation is 1. The van der Waals surface area contributed by atoms with Gasteiger partial charge in [-0.25, -0.2) is 4.98 Å². The minimum Gasteiger partial charge on any atom is -0.494 e. The first-order chi connectivity index (χ1) is 17.0. The van der Waals surface area contributed by atoms with E-state index in [0.29, 0.717) is 32.7 Å². The molecule has 0 unspecified atom stereocenters. The zero-order valence-electron chi connectivity index (χ0n) is 19.9. The van der Waals surface area contributed by atoms with Gasteiger partial charge in [-0.2, -0.15) is 0 Å². The van der Waals surface area contributed by atoms with Crippen LogP contribution in [0, 0.1) is 6.92 Å². The lowest BCUT2D eigenvalue weighted by atomic mass is 10.1. The number of hydrogen-bond donors (Lipinski definition) is 0. The highest BCUT2D eigenvalue weighted by Crippen LogP contribution is 2.34. The van der Waals surface area contributed by atoms with Crippen molar-refractivity contribution < 1.29 is 14.3 Å². The van der Waals surface area contributed by atoms with E-state index in [-0.39, 0.29) is 11.8 Å². The zero-order chi connectivity index (χ0) is 24.4. The van der Waals surface area contributed by atoms with Gasteiger partial charge in [0.05, 0.1) is 24.2 Å². The molecule has 0 N–H and O–H groups in total. The molecule has 1 fully saturated rings. The number of anilines is 1. The number of rotatable bonds is 8. The van der Waals surface area contributed by atoms with Gasteiger partial charge in [-0.15, -0.1) is 0 Å². The quantitative estimate of drug-likeness (QED) is 0.305. The SMILES string of the molecule is CCOc1ccc(N2C[C@H](c3nc4ccccc4n3CCOc3ccc(Cl)c(C)c3)CC2=O)cc1. The standard InChI is InChI=1S/C28H28ClN3O3/c1-3-34-22-10-8-21(9-11-22)32-18-20(17-27(32)33)28-30-25-6-4-5-7-26(25)31(28)14-15-35-23-12-13-24(29)19(2)16-23/h4-13,16,20H,3,14-15,17-18H2,1-2H3/t20-/m1/s1. The van der Waals surface area contributed by atoms with Crippen LogP contribution in [-0.2, 0) is 11.3 Å². The molecule has 1 aliphatic rings. The monoisotopic (exact) mass is 489 g/mol. The Labute approximate surface area is 210 Å². The highest BCUT2D eigenvalue weighted by atomic mass is 35.5. The van der Waals surface area contributed by atoms with Crippen molar-refractivity contribution in [3.8, 4) is 11.5 Å². The number of imidazole rings is 1. The molecule has 1 aromatic heterocycles. The molecule has 3 aromatic carbocycles. The Morgan fingerprint density at radius 3 is 2.57 bits per heavy atom. The van der Waals surface area contributed by atoms with E-state index in [4.69, 9.17) is 26.1 Å². The summed E-state index contributed by atoms with van der Waals surface area (Å²) < 4.78 is 13.8. The minimum absolute atomic E-state index is 0.000699. The lowest BCUT2D eigenvalue weighted by Gasteiger charge is -2.18. The predicted molar refractivity (Wildman–Crippen MR) is 139 cm³/mol. The molecule has 1 amide bonds. The summed E-state index contributed by atoms with van der Waals surface area (Å²) in [6.07, 6.45) is 0.424. The van der Waals surface area contributed by atoms with E-state index in [1.807, 2.05) is 79.4 Å². The first kappa shape index (κ1) is 23.2. The maximum Gasteiger partial charge on any atom is 0.227 e. The first-order valence-corrected chi connectivity index (χ1v) is 12.3. The fourth-order valence-electron chi connectivity index (χ4n) is 4.62.